The fourth-order valence-corrected chi connectivity index (χ4v) is 4.51. The van der Waals surface area contributed by atoms with Crippen molar-refractivity contribution in [2.45, 2.75) is 46.1 Å². The summed E-state index contributed by atoms with van der Waals surface area (Å²) >= 11 is 0. The minimum Gasteiger partial charge on any atom is -0.504 e. The summed E-state index contributed by atoms with van der Waals surface area (Å²) in [6, 6.07) is 2.23. The van der Waals surface area contributed by atoms with E-state index in [2.05, 4.69) is 20.8 Å². The first-order valence-electron chi connectivity index (χ1n) is 8.65. The summed E-state index contributed by atoms with van der Waals surface area (Å²) in [5, 5.41) is 30.0. The number of nitrogens with zero attached hydrogens (tertiary/aromatic N) is 1. The smallest absolute Gasteiger partial charge is 0.331 e. The van der Waals surface area contributed by atoms with Gasteiger partial charge in [-0.1, -0.05) is 20.8 Å². The molecule has 2 aliphatic carbocycles. The van der Waals surface area contributed by atoms with Gasteiger partial charge in [-0.05, 0) is 48.3 Å². The molecule has 0 amide bonds. The molecule has 0 aliphatic heterocycles. The molecule has 26 heavy (non-hydrogen) atoms. The minimum atomic E-state index is -0.803. The van der Waals surface area contributed by atoms with Crippen LogP contribution in [0.4, 0.5) is 5.69 Å². The van der Waals surface area contributed by atoms with Gasteiger partial charge < -0.3 is 14.9 Å². The van der Waals surface area contributed by atoms with Crippen LogP contribution in [0.2, 0.25) is 0 Å². The van der Waals surface area contributed by atoms with E-state index >= 15 is 0 Å². The Bertz CT molecular complexity index is 799. The van der Waals surface area contributed by atoms with E-state index in [1.165, 1.54) is 12.2 Å². The number of hydrogen-bond donors (Lipinski definition) is 2. The van der Waals surface area contributed by atoms with Gasteiger partial charge in [-0.25, -0.2) is 4.79 Å². The summed E-state index contributed by atoms with van der Waals surface area (Å²) in [6.07, 6.45) is 5.42. The van der Waals surface area contributed by atoms with Gasteiger partial charge in [0.2, 0.25) is 5.75 Å². The van der Waals surface area contributed by atoms with Crippen LogP contribution in [0.3, 0.4) is 0 Å². The molecule has 0 aromatic heterocycles. The monoisotopic (exact) mass is 361 g/mol. The van der Waals surface area contributed by atoms with Gasteiger partial charge >= 0.3 is 11.7 Å². The van der Waals surface area contributed by atoms with Gasteiger partial charge in [-0.3, -0.25) is 10.1 Å². The van der Waals surface area contributed by atoms with Crippen LogP contribution in [0.5, 0.6) is 11.5 Å². The number of rotatable bonds is 4. The molecule has 7 heteroatoms. The largest absolute Gasteiger partial charge is 0.504 e. The van der Waals surface area contributed by atoms with Gasteiger partial charge in [0.15, 0.2) is 5.75 Å². The number of carbonyl (C=O) groups excluding carboxylic acids is 1. The number of hydrogen-bond acceptors (Lipinski definition) is 6. The lowest BCUT2D eigenvalue weighted by molar-refractivity contribution is -0.386. The zero-order valence-electron chi connectivity index (χ0n) is 15.1. The quantitative estimate of drug-likeness (QED) is 0.278. The second-order valence-electron chi connectivity index (χ2n) is 8.03. The highest BCUT2D eigenvalue weighted by Crippen LogP contribution is 2.66. The molecule has 2 bridgehead atoms. The topological polar surface area (TPSA) is 110 Å². The fourth-order valence-electron chi connectivity index (χ4n) is 4.51. The van der Waals surface area contributed by atoms with E-state index < -0.39 is 28.1 Å². The summed E-state index contributed by atoms with van der Waals surface area (Å²) in [6.45, 7) is 6.63. The summed E-state index contributed by atoms with van der Waals surface area (Å²) in [4.78, 5) is 22.3. The molecule has 2 N–H and O–H groups in total. The molecule has 1 aromatic carbocycles. The third kappa shape index (κ3) is 2.71. The first-order chi connectivity index (χ1) is 12.1. The number of ether oxygens (including phenoxy) is 1. The van der Waals surface area contributed by atoms with Crippen molar-refractivity contribution < 1.29 is 24.7 Å². The van der Waals surface area contributed by atoms with Gasteiger partial charge in [0.05, 0.1) is 4.92 Å². The van der Waals surface area contributed by atoms with Crippen LogP contribution < -0.4 is 0 Å². The Hall–Kier alpha value is -2.57. The minimum absolute atomic E-state index is 0.0449. The Morgan fingerprint density at radius 3 is 2.58 bits per heavy atom. The van der Waals surface area contributed by atoms with Crippen molar-refractivity contribution in [1.29, 1.82) is 0 Å². The van der Waals surface area contributed by atoms with Gasteiger partial charge in [0.25, 0.3) is 0 Å². The van der Waals surface area contributed by atoms with Gasteiger partial charge in [0.1, 0.15) is 6.10 Å². The Kier molecular flexibility index (Phi) is 4.21. The summed E-state index contributed by atoms with van der Waals surface area (Å²) in [5.41, 5.74) is -0.314. The average molecular weight is 361 g/mol. The van der Waals surface area contributed by atoms with Crippen molar-refractivity contribution in [3.63, 3.8) is 0 Å². The molecule has 0 saturated heterocycles. The maximum Gasteiger partial charge on any atom is 0.331 e. The molecule has 0 radical (unpaired) electrons. The van der Waals surface area contributed by atoms with Crippen molar-refractivity contribution >= 4 is 17.7 Å². The zero-order valence-corrected chi connectivity index (χ0v) is 15.1. The van der Waals surface area contributed by atoms with E-state index in [-0.39, 0.29) is 22.5 Å². The van der Waals surface area contributed by atoms with Crippen LogP contribution in [0, 0.1) is 26.9 Å². The van der Waals surface area contributed by atoms with E-state index in [4.69, 9.17) is 4.74 Å². The molecule has 2 saturated carbocycles. The van der Waals surface area contributed by atoms with E-state index in [0.29, 0.717) is 5.92 Å². The SMILES string of the molecule is CC1(C)C2CCC1(C)C(OC(=O)/C=C/c1cc(O)c(O)c([N+](=O)[O-])c1)C2. The summed E-state index contributed by atoms with van der Waals surface area (Å²) in [5.74, 6) is -1.39. The predicted octanol–water partition coefficient (Wildman–Crippen LogP) is 3.78. The molecular formula is C19H23NO6. The van der Waals surface area contributed by atoms with Crippen molar-refractivity contribution in [3.05, 3.63) is 33.9 Å². The van der Waals surface area contributed by atoms with E-state index in [1.54, 1.807) is 0 Å². The lowest BCUT2D eigenvalue weighted by Gasteiger charge is -2.38. The third-order valence-corrected chi connectivity index (χ3v) is 6.67. The molecule has 3 atom stereocenters. The molecule has 0 heterocycles. The van der Waals surface area contributed by atoms with Crippen molar-refractivity contribution in [2.75, 3.05) is 0 Å². The molecule has 2 aliphatic rings. The second-order valence-corrected chi connectivity index (χ2v) is 8.03. The normalized spacial score (nSPS) is 29.2. The Labute approximate surface area is 151 Å². The standard InChI is InChI=1S/C19H23NO6/c1-18(2)12-6-7-19(18,3)15(10-12)26-16(22)5-4-11-8-13(20(24)25)17(23)14(21)9-11/h4-5,8-9,12,15,21,23H,6-7,10H2,1-3H3/b5-4+. The number of nitro benzene ring substituents is 1. The molecule has 2 fully saturated rings. The third-order valence-electron chi connectivity index (χ3n) is 6.67. The van der Waals surface area contributed by atoms with Gasteiger partial charge in [0, 0.05) is 17.6 Å². The van der Waals surface area contributed by atoms with Crippen LogP contribution in [-0.4, -0.2) is 27.2 Å². The molecule has 3 rings (SSSR count). The van der Waals surface area contributed by atoms with Crippen LogP contribution in [0.25, 0.3) is 6.08 Å². The average Bonchev–Trinajstić information content (AvgIpc) is 2.89. The van der Waals surface area contributed by atoms with E-state index in [1.807, 2.05) is 0 Å². The lowest BCUT2D eigenvalue weighted by atomic mass is 9.70. The van der Waals surface area contributed by atoms with Gasteiger partial charge in [-0.2, -0.15) is 0 Å². The molecule has 7 nitrogen and oxygen atoms in total. The number of carbonyl (C=O) groups is 1. The maximum absolute atomic E-state index is 12.2. The number of esters is 1. The highest BCUT2D eigenvalue weighted by Gasteiger charge is 2.62. The molecule has 0 spiro atoms. The van der Waals surface area contributed by atoms with Crippen LogP contribution in [0.1, 0.15) is 45.6 Å². The Morgan fingerprint density at radius 1 is 1.35 bits per heavy atom. The Morgan fingerprint density at radius 2 is 2.04 bits per heavy atom. The van der Waals surface area contributed by atoms with E-state index in [9.17, 15) is 25.1 Å². The molecule has 3 unspecified atom stereocenters. The fraction of sp³-hybridized carbons (Fsp3) is 0.526. The van der Waals surface area contributed by atoms with Crippen molar-refractivity contribution in [2.24, 2.45) is 16.7 Å². The summed E-state index contributed by atoms with van der Waals surface area (Å²) < 4.78 is 5.67. The number of nitro groups is 1. The predicted molar refractivity (Wildman–Crippen MR) is 94.6 cm³/mol. The maximum atomic E-state index is 12.2. The highest BCUT2D eigenvalue weighted by atomic mass is 16.6. The number of phenolic OH excluding ortho intramolecular Hbond substituents is 2. The van der Waals surface area contributed by atoms with Crippen molar-refractivity contribution in [3.8, 4) is 11.5 Å². The van der Waals surface area contributed by atoms with Crippen LogP contribution in [-0.2, 0) is 9.53 Å². The number of benzene rings is 1. The number of fused-ring (bicyclic) bond motifs is 2. The zero-order chi connectivity index (χ0) is 19.3. The highest BCUT2D eigenvalue weighted by molar-refractivity contribution is 5.87. The summed E-state index contributed by atoms with van der Waals surface area (Å²) in [7, 11) is 0. The van der Waals surface area contributed by atoms with Crippen molar-refractivity contribution in [1.82, 2.24) is 0 Å². The molecular weight excluding hydrogens is 338 g/mol. The second kappa shape index (κ2) is 6.00. The number of phenols is 2. The van der Waals surface area contributed by atoms with E-state index in [0.717, 1.165) is 31.4 Å². The van der Waals surface area contributed by atoms with Crippen LogP contribution >= 0.6 is 0 Å². The number of aromatic hydroxyl groups is 2. The first kappa shape index (κ1) is 18.2. The lowest BCUT2D eigenvalue weighted by Crippen LogP contribution is -2.38. The van der Waals surface area contributed by atoms with Crippen LogP contribution in [0.15, 0.2) is 18.2 Å². The van der Waals surface area contributed by atoms with Gasteiger partial charge in [-0.15, -0.1) is 0 Å². The molecule has 140 valence electrons. The first-order valence-corrected chi connectivity index (χ1v) is 8.65. The molecule has 1 aromatic rings. The Balaban J connectivity index is 1.73.